The maximum absolute atomic E-state index is 14.1. The molecule has 2 aromatic rings. The van der Waals surface area contributed by atoms with Crippen LogP contribution in [0, 0.1) is 11.8 Å². The van der Waals surface area contributed by atoms with Gasteiger partial charge in [-0.25, -0.2) is 0 Å². The fraction of sp³-hybridized carbons (Fsp3) is 0.519. The minimum atomic E-state index is -0.685. The second kappa shape index (κ2) is 9.35. The van der Waals surface area contributed by atoms with E-state index in [1.807, 2.05) is 24.3 Å². The first-order chi connectivity index (χ1) is 15.7. The Bertz CT molecular complexity index is 907. The number of amides is 1. The van der Waals surface area contributed by atoms with Gasteiger partial charge in [-0.3, -0.25) is 4.79 Å². The molecule has 2 aromatic carbocycles. The Kier molecular flexibility index (Phi) is 6.32. The Labute approximate surface area is 196 Å². The Morgan fingerprint density at radius 2 is 1.41 bits per heavy atom. The van der Waals surface area contributed by atoms with Crippen LogP contribution in [0.25, 0.3) is 0 Å². The number of halogens is 1. The summed E-state index contributed by atoms with van der Waals surface area (Å²) in [4.78, 5) is 14.1. The summed E-state index contributed by atoms with van der Waals surface area (Å²) in [6.07, 6.45) is 11.7. The summed E-state index contributed by atoms with van der Waals surface area (Å²) in [5.41, 5.74) is 2.48. The van der Waals surface area contributed by atoms with E-state index in [1.54, 1.807) is 0 Å². The molecule has 1 unspecified atom stereocenters. The van der Waals surface area contributed by atoms with Crippen molar-refractivity contribution in [2.24, 2.45) is 11.8 Å². The van der Waals surface area contributed by atoms with Crippen LogP contribution in [0.15, 0.2) is 48.5 Å². The average molecular weight is 452 g/mol. The van der Waals surface area contributed by atoms with Crippen molar-refractivity contribution in [1.82, 2.24) is 5.32 Å². The maximum atomic E-state index is 14.1. The van der Waals surface area contributed by atoms with Gasteiger partial charge < -0.3 is 16.0 Å². The van der Waals surface area contributed by atoms with Crippen LogP contribution in [-0.2, 0) is 10.5 Å². The van der Waals surface area contributed by atoms with Gasteiger partial charge in [0.2, 0.25) is 5.91 Å². The number of carbonyl (C=O) groups excluding carboxylic acids is 1. The van der Waals surface area contributed by atoms with Crippen LogP contribution < -0.4 is 16.0 Å². The third-order valence-electron chi connectivity index (χ3n) is 7.71. The van der Waals surface area contributed by atoms with Crippen molar-refractivity contribution >= 4 is 28.9 Å². The van der Waals surface area contributed by atoms with Gasteiger partial charge in [0.25, 0.3) is 0 Å². The number of carbonyl (C=O) groups is 1. The molecule has 0 bridgehead atoms. The first kappa shape index (κ1) is 21.6. The monoisotopic (exact) mass is 451 g/mol. The van der Waals surface area contributed by atoms with Crippen molar-refractivity contribution in [3.05, 3.63) is 59.1 Å². The van der Waals surface area contributed by atoms with Crippen molar-refractivity contribution in [2.75, 3.05) is 10.6 Å². The Balaban J connectivity index is 1.55. The zero-order valence-corrected chi connectivity index (χ0v) is 19.5. The minimum absolute atomic E-state index is 0.187. The molecule has 2 aliphatic carbocycles. The van der Waals surface area contributed by atoms with Crippen molar-refractivity contribution < 1.29 is 4.79 Å². The lowest BCUT2D eigenvalue weighted by Gasteiger charge is -2.44. The van der Waals surface area contributed by atoms with Crippen LogP contribution in [0.2, 0.25) is 5.02 Å². The molecule has 5 rings (SSSR count). The molecule has 5 heteroatoms. The lowest BCUT2D eigenvalue weighted by atomic mass is 9.71. The summed E-state index contributed by atoms with van der Waals surface area (Å²) < 4.78 is 0. The molecule has 1 atom stereocenters. The van der Waals surface area contributed by atoms with Crippen molar-refractivity contribution in [3.63, 3.8) is 0 Å². The molecular formula is C27H34ClN3O. The molecule has 4 nitrogen and oxygen atoms in total. The SMILES string of the molecule is O=C(NC1CCCCC1)C(C1CCCCC1)C1(c2ccc(Cl)cc2)Nc2ccccc2N1. The van der Waals surface area contributed by atoms with Crippen LogP contribution in [0.3, 0.4) is 0 Å². The number of hydrogen-bond donors (Lipinski definition) is 3. The van der Waals surface area contributed by atoms with E-state index in [0.29, 0.717) is 17.0 Å². The molecule has 0 radical (unpaired) electrons. The summed E-state index contributed by atoms with van der Waals surface area (Å²) in [6.45, 7) is 0. The highest BCUT2D eigenvalue weighted by Crippen LogP contribution is 2.49. The Hall–Kier alpha value is -2.20. The van der Waals surface area contributed by atoms with Gasteiger partial charge in [-0.05, 0) is 61.4 Å². The van der Waals surface area contributed by atoms with Gasteiger partial charge in [0.15, 0.2) is 0 Å². The molecule has 32 heavy (non-hydrogen) atoms. The van der Waals surface area contributed by atoms with Gasteiger partial charge in [0, 0.05) is 11.1 Å². The summed E-state index contributed by atoms with van der Waals surface area (Å²) in [6, 6.07) is 16.6. The summed E-state index contributed by atoms with van der Waals surface area (Å²) in [5, 5.41) is 11.8. The third-order valence-corrected chi connectivity index (χ3v) is 7.96. The van der Waals surface area contributed by atoms with E-state index in [4.69, 9.17) is 11.6 Å². The van der Waals surface area contributed by atoms with Gasteiger partial charge >= 0.3 is 0 Å². The topological polar surface area (TPSA) is 53.2 Å². The summed E-state index contributed by atoms with van der Waals surface area (Å²) >= 11 is 6.25. The second-order valence-electron chi connectivity index (χ2n) is 9.83. The van der Waals surface area contributed by atoms with Crippen molar-refractivity contribution in [2.45, 2.75) is 75.9 Å². The number of anilines is 2. The normalized spacial score (nSPS) is 21.8. The smallest absolute Gasteiger partial charge is 0.228 e. The zero-order valence-electron chi connectivity index (χ0n) is 18.7. The van der Waals surface area contributed by atoms with E-state index in [1.165, 1.54) is 38.5 Å². The van der Waals surface area contributed by atoms with Crippen LogP contribution in [0.4, 0.5) is 11.4 Å². The van der Waals surface area contributed by atoms with E-state index in [9.17, 15) is 4.79 Å². The van der Waals surface area contributed by atoms with Gasteiger partial charge in [-0.15, -0.1) is 0 Å². The van der Waals surface area contributed by atoms with E-state index >= 15 is 0 Å². The predicted molar refractivity (Wildman–Crippen MR) is 132 cm³/mol. The lowest BCUT2D eigenvalue weighted by molar-refractivity contribution is -0.130. The first-order valence-electron chi connectivity index (χ1n) is 12.4. The van der Waals surface area contributed by atoms with Crippen LogP contribution >= 0.6 is 11.6 Å². The standard InChI is InChI=1S/C27H34ClN3O/c28-21-17-15-20(16-18-21)27(30-23-13-7-8-14-24(23)31-27)25(19-9-3-1-4-10-19)26(32)29-22-11-5-2-6-12-22/h7-8,13-19,22,25,30-31H,1-6,9-12H2,(H,29,32). The van der Waals surface area contributed by atoms with Gasteiger partial charge in [0.05, 0.1) is 17.3 Å². The molecule has 1 amide bonds. The highest BCUT2D eigenvalue weighted by Gasteiger charge is 2.52. The molecular weight excluding hydrogens is 418 g/mol. The van der Waals surface area contributed by atoms with E-state index in [0.717, 1.165) is 42.6 Å². The van der Waals surface area contributed by atoms with Crippen LogP contribution in [-0.4, -0.2) is 11.9 Å². The molecule has 0 saturated heterocycles. The Morgan fingerprint density at radius 1 is 0.844 bits per heavy atom. The average Bonchev–Trinajstić information content (AvgIpc) is 3.21. The fourth-order valence-electron chi connectivity index (χ4n) is 6.12. The molecule has 1 aliphatic heterocycles. The largest absolute Gasteiger partial charge is 0.357 e. The van der Waals surface area contributed by atoms with Gasteiger partial charge in [-0.1, -0.05) is 74.4 Å². The number of para-hydroxylation sites is 2. The number of nitrogens with one attached hydrogen (secondary N) is 3. The highest BCUT2D eigenvalue weighted by molar-refractivity contribution is 6.30. The molecule has 0 spiro atoms. The van der Waals surface area contributed by atoms with Gasteiger partial charge in [-0.2, -0.15) is 0 Å². The first-order valence-corrected chi connectivity index (χ1v) is 12.8. The lowest BCUT2D eigenvalue weighted by Crippen LogP contribution is -2.56. The molecule has 2 saturated carbocycles. The molecule has 170 valence electrons. The van der Waals surface area contributed by atoms with E-state index in [-0.39, 0.29) is 11.8 Å². The van der Waals surface area contributed by atoms with Crippen molar-refractivity contribution in [3.8, 4) is 0 Å². The quantitative estimate of drug-likeness (QED) is 0.475. The molecule has 3 aliphatic rings. The minimum Gasteiger partial charge on any atom is -0.357 e. The molecule has 0 aromatic heterocycles. The second-order valence-corrected chi connectivity index (χ2v) is 10.3. The third kappa shape index (κ3) is 4.22. The highest BCUT2D eigenvalue weighted by atomic mass is 35.5. The van der Waals surface area contributed by atoms with E-state index < -0.39 is 5.66 Å². The number of fused-ring (bicyclic) bond motifs is 1. The molecule has 3 N–H and O–H groups in total. The zero-order chi connectivity index (χ0) is 22.0. The number of hydrogen-bond acceptors (Lipinski definition) is 3. The molecule has 1 heterocycles. The maximum Gasteiger partial charge on any atom is 0.228 e. The number of rotatable bonds is 5. The predicted octanol–water partition coefficient (Wildman–Crippen LogP) is 6.68. The van der Waals surface area contributed by atoms with Crippen LogP contribution in [0.5, 0.6) is 0 Å². The fourth-order valence-corrected chi connectivity index (χ4v) is 6.25. The van der Waals surface area contributed by atoms with Crippen molar-refractivity contribution in [1.29, 1.82) is 0 Å². The molecule has 2 fully saturated rings. The van der Waals surface area contributed by atoms with Crippen LogP contribution in [0.1, 0.15) is 69.8 Å². The summed E-state index contributed by atoms with van der Waals surface area (Å²) in [7, 11) is 0. The van der Waals surface area contributed by atoms with Gasteiger partial charge in [0.1, 0.15) is 5.66 Å². The summed E-state index contributed by atoms with van der Waals surface area (Å²) in [5.74, 6) is 0.308. The number of benzene rings is 2. The van der Waals surface area contributed by atoms with E-state index in [2.05, 4.69) is 40.2 Å². The Morgan fingerprint density at radius 3 is 2.00 bits per heavy atom.